The van der Waals surface area contributed by atoms with Crippen LogP contribution in [-0.2, 0) is 24.3 Å². The van der Waals surface area contributed by atoms with Crippen molar-refractivity contribution in [3.8, 4) is 0 Å². The average Bonchev–Trinajstić information content (AvgIpc) is 3.17. The monoisotopic (exact) mass is 429 g/mol. The Morgan fingerprint density at radius 1 is 1.14 bits per heavy atom. The summed E-state index contributed by atoms with van der Waals surface area (Å²) in [6.07, 6.45) is 0.438. The van der Waals surface area contributed by atoms with E-state index in [9.17, 15) is 26.8 Å². The fourth-order valence-corrected chi connectivity index (χ4v) is 5.45. The first-order chi connectivity index (χ1) is 13.6. The van der Waals surface area contributed by atoms with Crippen LogP contribution in [0.1, 0.15) is 18.1 Å². The van der Waals surface area contributed by atoms with Gasteiger partial charge >= 0.3 is 0 Å². The number of fused-ring (bicyclic) bond motifs is 1. The highest BCUT2D eigenvalue weighted by atomic mass is 32.2. The lowest BCUT2D eigenvalue weighted by Crippen LogP contribution is -2.50. The summed E-state index contributed by atoms with van der Waals surface area (Å²) < 4.78 is 57.1. The van der Waals surface area contributed by atoms with Crippen LogP contribution < -0.4 is 5.73 Å². The van der Waals surface area contributed by atoms with E-state index in [4.69, 9.17) is 10.5 Å². The summed E-state index contributed by atoms with van der Waals surface area (Å²) in [6.45, 7) is 0.619. The lowest BCUT2D eigenvalue weighted by atomic mass is 9.93. The van der Waals surface area contributed by atoms with Gasteiger partial charge in [-0.2, -0.15) is 4.31 Å². The molecule has 0 saturated carbocycles. The van der Waals surface area contributed by atoms with Crippen molar-refractivity contribution in [2.24, 2.45) is 17.6 Å². The molecule has 0 spiro atoms. The van der Waals surface area contributed by atoms with Gasteiger partial charge in [-0.05, 0) is 24.6 Å². The molecular weight excluding hydrogens is 408 g/mol. The fourth-order valence-electron chi connectivity index (χ4n) is 4.52. The van der Waals surface area contributed by atoms with Gasteiger partial charge in [0.15, 0.2) is 0 Å². The topological polar surface area (TPSA) is 110 Å². The molecule has 3 aliphatic rings. The summed E-state index contributed by atoms with van der Waals surface area (Å²) in [7, 11) is -3.93. The molecule has 0 aromatic heterocycles. The minimum atomic E-state index is -3.93. The number of benzene rings is 1. The number of ether oxygens (including phenoxy) is 1. The van der Waals surface area contributed by atoms with Gasteiger partial charge in [-0.1, -0.05) is 0 Å². The number of rotatable bonds is 3. The van der Waals surface area contributed by atoms with Crippen molar-refractivity contribution in [1.29, 1.82) is 0 Å². The summed E-state index contributed by atoms with van der Waals surface area (Å²) in [6, 6.07) is 2.30. The maximum atomic E-state index is 14.1. The second-order valence-corrected chi connectivity index (χ2v) is 9.68. The number of carbonyl (C=O) groups is 2. The zero-order chi connectivity index (χ0) is 21.1. The maximum Gasteiger partial charge on any atom is 0.248 e. The van der Waals surface area contributed by atoms with Crippen LogP contribution >= 0.6 is 0 Å². The van der Waals surface area contributed by atoms with Gasteiger partial charge in [-0.3, -0.25) is 14.5 Å². The third-order valence-corrected chi connectivity index (χ3v) is 6.92. The second-order valence-electron chi connectivity index (χ2n) is 7.84. The number of hydrogen-bond donors (Lipinski definition) is 1. The molecular formula is C18H21F2N3O5S. The van der Waals surface area contributed by atoms with E-state index in [0.29, 0.717) is 10.7 Å². The Morgan fingerprint density at radius 2 is 1.76 bits per heavy atom. The number of halogens is 2. The molecule has 0 radical (unpaired) electrons. The van der Waals surface area contributed by atoms with E-state index in [1.54, 1.807) is 0 Å². The molecule has 0 bridgehead atoms. The van der Waals surface area contributed by atoms with Crippen molar-refractivity contribution >= 4 is 21.8 Å². The van der Waals surface area contributed by atoms with Crippen molar-refractivity contribution < 1.29 is 31.5 Å². The number of likely N-dealkylation sites (tertiary alicyclic amines) is 1. The Morgan fingerprint density at radius 3 is 2.31 bits per heavy atom. The lowest BCUT2D eigenvalue weighted by Gasteiger charge is -2.39. The molecule has 11 heteroatoms. The van der Waals surface area contributed by atoms with Crippen molar-refractivity contribution in [2.45, 2.75) is 24.6 Å². The van der Waals surface area contributed by atoms with Gasteiger partial charge in [-0.15, -0.1) is 0 Å². The molecule has 2 unspecified atom stereocenters. The van der Waals surface area contributed by atoms with E-state index in [2.05, 4.69) is 0 Å². The predicted octanol–water partition coefficient (Wildman–Crippen LogP) is -0.00150. The summed E-state index contributed by atoms with van der Waals surface area (Å²) in [5, 5.41) is 0. The van der Waals surface area contributed by atoms with E-state index >= 15 is 0 Å². The summed E-state index contributed by atoms with van der Waals surface area (Å²) >= 11 is 0. The van der Waals surface area contributed by atoms with E-state index in [-0.39, 0.29) is 31.3 Å². The van der Waals surface area contributed by atoms with Crippen LogP contribution in [0.25, 0.3) is 0 Å². The Kier molecular flexibility index (Phi) is 4.96. The molecule has 5 atom stereocenters. The second kappa shape index (κ2) is 7.08. The van der Waals surface area contributed by atoms with Gasteiger partial charge in [0, 0.05) is 30.7 Å². The zero-order valence-electron chi connectivity index (χ0n) is 15.6. The van der Waals surface area contributed by atoms with Gasteiger partial charge in [0.1, 0.15) is 17.7 Å². The lowest BCUT2D eigenvalue weighted by molar-refractivity contribution is -0.134. The first kappa shape index (κ1) is 20.3. The number of nitrogens with two attached hydrogens (primary N) is 1. The quantitative estimate of drug-likeness (QED) is 0.674. The number of nitrogens with zero attached hydrogens (tertiary/aromatic N) is 2. The molecule has 3 fully saturated rings. The van der Waals surface area contributed by atoms with Gasteiger partial charge in [0.2, 0.25) is 21.8 Å². The van der Waals surface area contributed by atoms with Crippen LogP contribution in [0.5, 0.6) is 0 Å². The third-order valence-electron chi connectivity index (χ3n) is 5.90. The molecule has 2 N–H and O–H groups in total. The standard InChI is InChI=1S/C18H21F2N3O5S/c1-29(26,27)23-17(24)12-6-22(7-13(12)18(23)25)10-5-15(21)16(28-8-10)11-4-9(19)2-3-14(11)20/h2-4,10,12-13,15-16H,5-8,21H2,1H3/t10-,12?,13?,15+,16-/m0/s1. The minimum Gasteiger partial charge on any atom is -0.370 e. The SMILES string of the molecule is CS(=O)(=O)N1C(=O)C2CN([C@@H]3CO[C@@H](c4cc(F)ccc4F)[C@H](N)C3)CC2C1=O. The van der Waals surface area contributed by atoms with Crippen LogP contribution in [0.3, 0.4) is 0 Å². The van der Waals surface area contributed by atoms with Crippen LogP contribution in [0.2, 0.25) is 0 Å². The Balaban J connectivity index is 1.45. The predicted molar refractivity (Wildman–Crippen MR) is 96.7 cm³/mol. The average molecular weight is 429 g/mol. The summed E-state index contributed by atoms with van der Waals surface area (Å²) in [4.78, 5) is 26.7. The molecule has 0 aliphatic carbocycles. The van der Waals surface area contributed by atoms with Crippen LogP contribution in [-0.4, -0.2) is 67.5 Å². The first-order valence-corrected chi connectivity index (χ1v) is 11.1. The van der Waals surface area contributed by atoms with Gasteiger partial charge < -0.3 is 10.5 Å². The molecule has 1 aromatic carbocycles. The molecule has 3 saturated heterocycles. The molecule has 2 amide bonds. The zero-order valence-corrected chi connectivity index (χ0v) is 16.4. The Labute approximate surface area is 166 Å². The molecule has 1 aromatic rings. The first-order valence-electron chi connectivity index (χ1n) is 9.22. The number of amides is 2. The number of imide groups is 1. The smallest absolute Gasteiger partial charge is 0.248 e. The maximum absolute atomic E-state index is 14.1. The van der Waals surface area contributed by atoms with Gasteiger partial charge in [0.05, 0.1) is 24.7 Å². The molecule has 29 heavy (non-hydrogen) atoms. The van der Waals surface area contributed by atoms with Crippen LogP contribution in [0.4, 0.5) is 8.78 Å². The normalized spacial score (nSPS) is 33.4. The molecule has 3 heterocycles. The van der Waals surface area contributed by atoms with Crippen LogP contribution in [0, 0.1) is 23.5 Å². The molecule has 4 rings (SSSR count). The van der Waals surface area contributed by atoms with Crippen molar-refractivity contribution in [2.75, 3.05) is 26.0 Å². The fraction of sp³-hybridized carbons (Fsp3) is 0.556. The van der Waals surface area contributed by atoms with Gasteiger partial charge in [0.25, 0.3) is 0 Å². The Bertz CT molecular complexity index is 948. The van der Waals surface area contributed by atoms with E-state index < -0.39 is 57.5 Å². The molecule has 8 nitrogen and oxygen atoms in total. The van der Waals surface area contributed by atoms with Crippen molar-refractivity contribution in [3.63, 3.8) is 0 Å². The van der Waals surface area contributed by atoms with E-state index in [1.165, 1.54) is 0 Å². The van der Waals surface area contributed by atoms with E-state index in [1.807, 2.05) is 4.90 Å². The number of hydrogen-bond acceptors (Lipinski definition) is 7. The third kappa shape index (κ3) is 3.45. The highest BCUT2D eigenvalue weighted by Crippen LogP contribution is 2.38. The van der Waals surface area contributed by atoms with Gasteiger partial charge in [-0.25, -0.2) is 17.2 Å². The largest absolute Gasteiger partial charge is 0.370 e. The Hall–Kier alpha value is -1.95. The highest BCUT2D eigenvalue weighted by molar-refractivity contribution is 7.89. The van der Waals surface area contributed by atoms with Crippen LogP contribution in [0.15, 0.2) is 18.2 Å². The summed E-state index contributed by atoms with van der Waals surface area (Å²) in [5.41, 5.74) is 6.23. The van der Waals surface area contributed by atoms with Crippen molar-refractivity contribution in [3.05, 3.63) is 35.4 Å². The van der Waals surface area contributed by atoms with E-state index in [0.717, 1.165) is 24.5 Å². The summed E-state index contributed by atoms with van der Waals surface area (Å²) in [5.74, 6) is -4.02. The highest BCUT2D eigenvalue weighted by Gasteiger charge is 2.56. The number of carbonyl (C=O) groups excluding carboxylic acids is 2. The van der Waals surface area contributed by atoms with Crippen molar-refractivity contribution in [1.82, 2.24) is 9.21 Å². The number of sulfonamides is 1. The molecule has 3 aliphatic heterocycles. The minimum absolute atomic E-state index is 0.0587. The molecule has 158 valence electrons.